The van der Waals surface area contributed by atoms with Crippen LogP contribution in [0.15, 0.2) is 71.8 Å². The van der Waals surface area contributed by atoms with E-state index in [-0.39, 0.29) is 0 Å². The van der Waals surface area contributed by atoms with Crippen molar-refractivity contribution in [1.29, 1.82) is 0 Å². The third kappa shape index (κ3) is 4.49. The first-order chi connectivity index (χ1) is 14.8. The molecular formula is C24H24N4OS. The Bertz CT molecular complexity index is 1210. The minimum atomic E-state index is 0.490. The third-order valence-electron chi connectivity index (χ3n) is 4.94. The lowest BCUT2D eigenvalue weighted by atomic mass is 10.0. The van der Waals surface area contributed by atoms with Crippen molar-refractivity contribution in [3.05, 3.63) is 88.5 Å². The number of H-pyrrole nitrogens is 1. The molecule has 0 amide bonds. The van der Waals surface area contributed by atoms with Gasteiger partial charge in [0.15, 0.2) is 5.82 Å². The largest absolute Gasteiger partial charge is 0.488 e. The van der Waals surface area contributed by atoms with Gasteiger partial charge in [0.2, 0.25) is 4.77 Å². The Hall–Kier alpha value is -3.25. The molecule has 0 fully saturated rings. The molecule has 0 spiro atoms. The van der Waals surface area contributed by atoms with Gasteiger partial charge in [-0.3, -0.25) is 5.10 Å². The molecule has 1 aromatic heterocycles. The molecule has 0 saturated heterocycles. The van der Waals surface area contributed by atoms with Gasteiger partial charge in [-0.05, 0) is 41.0 Å². The number of aryl methyl sites for hydroxylation is 1. The first-order valence-corrected chi connectivity index (χ1v) is 10.6. The van der Waals surface area contributed by atoms with E-state index in [1.165, 1.54) is 0 Å². The van der Waals surface area contributed by atoms with E-state index in [0.717, 1.165) is 52.7 Å². The summed E-state index contributed by atoms with van der Waals surface area (Å²) >= 11 is 5.38. The van der Waals surface area contributed by atoms with Crippen LogP contribution in [0.3, 0.4) is 0 Å². The molecule has 5 nitrogen and oxygen atoms in total. The van der Waals surface area contributed by atoms with Crippen LogP contribution < -0.4 is 4.74 Å². The van der Waals surface area contributed by atoms with Crippen LogP contribution >= 0.6 is 12.2 Å². The lowest BCUT2D eigenvalue weighted by molar-refractivity contribution is 0.306. The Kier molecular flexibility index (Phi) is 6.35. The summed E-state index contributed by atoms with van der Waals surface area (Å²) < 4.78 is 8.37. The Morgan fingerprint density at radius 3 is 2.70 bits per heavy atom. The number of hydrogen-bond acceptors (Lipinski definition) is 4. The summed E-state index contributed by atoms with van der Waals surface area (Å²) in [4.78, 5) is 0. The summed E-state index contributed by atoms with van der Waals surface area (Å²) in [5.41, 5.74) is 2.04. The predicted octanol–water partition coefficient (Wildman–Crippen LogP) is 5.90. The van der Waals surface area contributed by atoms with Gasteiger partial charge in [0.25, 0.3) is 0 Å². The van der Waals surface area contributed by atoms with Crippen molar-refractivity contribution in [3.63, 3.8) is 0 Å². The molecule has 0 aliphatic heterocycles. The monoisotopic (exact) mass is 416 g/mol. The van der Waals surface area contributed by atoms with E-state index in [1.807, 2.05) is 42.6 Å². The van der Waals surface area contributed by atoms with Gasteiger partial charge in [0.1, 0.15) is 12.4 Å². The van der Waals surface area contributed by atoms with Gasteiger partial charge in [0.05, 0.1) is 6.21 Å². The van der Waals surface area contributed by atoms with Crippen molar-refractivity contribution in [2.24, 2.45) is 5.10 Å². The zero-order valence-electron chi connectivity index (χ0n) is 16.9. The van der Waals surface area contributed by atoms with E-state index in [1.54, 1.807) is 4.68 Å². The fourth-order valence-electron chi connectivity index (χ4n) is 3.33. The van der Waals surface area contributed by atoms with Gasteiger partial charge < -0.3 is 4.74 Å². The van der Waals surface area contributed by atoms with Gasteiger partial charge in [-0.15, -0.1) is 0 Å². The molecule has 0 aliphatic rings. The highest BCUT2D eigenvalue weighted by molar-refractivity contribution is 7.71. The first kappa shape index (κ1) is 20.0. The fraction of sp³-hybridized carbons (Fsp3) is 0.208. The summed E-state index contributed by atoms with van der Waals surface area (Å²) in [6.07, 6.45) is 4.77. The highest BCUT2D eigenvalue weighted by Crippen LogP contribution is 2.27. The lowest BCUT2D eigenvalue weighted by Gasteiger charge is -2.12. The molecule has 30 heavy (non-hydrogen) atoms. The van der Waals surface area contributed by atoms with Crippen LogP contribution in [0.1, 0.15) is 36.7 Å². The van der Waals surface area contributed by atoms with Crippen molar-refractivity contribution < 1.29 is 4.74 Å². The SMILES string of the molecule is CCCCc1n[nH]c(=S)n1/N=C/c1c(OCc2ccccc2)ccc2ccccc12. The molecule has 0 radical (unpaired) electrons. The van der Waals surface area contributed by atoms with E-state index >= 15 is 0 Å². The van der Waals surface area contributed by atoms with Crippen LogP contribution in [0.4, 0.5) is 0 Å². The molecule has 0 unspecified atom stereocenters. The average Bonchev–Trinajstić information content (AvgIpc) is 3.14. The van der Waals surface area contributed by atoms with Crippen molar-refractivity contribution in [3.8, 4) is 5.75 Å². The van der Waals surface area contributed by atoms with Crippen LogP contribution in [-0.4, -0.2) is 21.1 Å². The Balaban J connectivity index is 1.70. The molecule has 4 rings (SSSR count). The maximum absolute atomic E-state index is 6.18. The van der Waals surface area contributed by atoms with Crippen LogP contribution in [0.25, 0.3) is 10.8 Å². The summed E-state index contributed by atoms with van der Waals surface area (Å²) in [6, 6.07) is 22.4. The smallest absolute Gasteiger partial charge is 0.216 e. The van der Waals surface area contributed by atoms with Crippen LogP contribution in [0.5, 0.6) is 5.75 Å². The molecule has 3 aromatic carbocycles. The number of benzene rings is 3. The molecule has 1 N–H and O–H groups in total. The molecule has 0 atom stereocenters. The summed E-state index contributed by atoms with van der Waals surface area (Å²) in [5.74, 6) is 1.62. The summed E-state index contributed by atoms with van der Waals surface area (Å²) in [7, 11) is 0. The van der Waals surface area contributed by atoms with Crippen LogP contribution in [0.2, 0.25) is 0 Å². The molecule has 0 aliphatic carbocycles. The average molecular weight is 417 g/mol. The molecule has 4 aromatic rings. The van der Waals surface area contributed by atoms with Crippen molar-refractivity contribution in [2.45, 2.75) is 32.8 Å². The number of ether oxygens (including phenoxy) is 1. The number of rotatable bonds is 8. The Morgan fingerprint density at radius 2 is 1.87 bits per heavy atom. The first-order valence-electron chi connectivity index (χ1n) is 10.2. The maximum atomic E-state index is 6.18. The number of fused-ring (bicyclic) bond motifs is 1. The van der Waals surface area contributed by atoms with E-state index in [4.69, 9.17) is 17.0 Å². The fourth-order valence-corrected chi connectivity index (χ4v) is 3.52. The second-order valence-electron chi connectivity index (χ2n) is 7.08. The number of unbranched alkanes of at least 4 members (excludes halogenated alkanes) is 1. The second-order valence-corrected chi connectivity index (χ2v) is 7.46. The zero-order chi connectivity index (χ0) is 20.8. The van der Waals surface area contributed by atoms with Crippen molar-refractivity contribution >= 4 is 29.2 Å². The highest BCUT2D eigenvalue weighted by Gasteiger charge is 2.09. The number of hydrogen-bond donors (Lipinski definition) is 1. The zero-order valence-corrected chi connectivity index (χ0v) is 17.7. The van der Waals surface area contributed by atoms with E-state index in [0.29, 0.717) is 11.4 Å². The summed E-state index contributed by atoms with van der Waals surface area (Å²) in [6.45, 7) is 2.65. The molecule has 0 saturated carbocycles. The number of nitrogens with one attached hydrogen (secondary N) is 1. The van der Waals surface area contributed by atoms with Gasteiger partial charge in [-0.25, -0.2) is 0 Å². The molecule has 6 heteroatoms. The minimum Gasteiger partial charge on any atom is -0.488 e. The number of nitrogens with zero attached hydrogens (tertiary/aromatic N) is 3. The van der Waals surface area contributed by atoms with Gasteiger partial charge in [-0.1, -0.05) is 74.0 Å². The Morgan fingerprint density at radius 1 is 1.07 bits per heavy atom. The maximum Gasteiger partial charge on any atom is 0.216 e. The minimum absolute atomic E-state index is 0.490. The molecular weight excluding hydrogens is 392 g/mol. The number of aromatic amines is 1. The van der Waals surface area contributed by atoms with E-state index in [9.17, 15) is 0 Å². The van der Waals surface area contributed by atoms with Gasteiger partial charge in [-0.2, -0.15) is 14.9 Å². The normalized spacial score (nSPS) is 11.4. The van der Waals surface area contributed by atoms with Crippen LogP contribution in [0, 0.1) is 4.77 Å². The number of aromatic nitrogens is 3. The predicted molar refractivity (Wildman–Crippen MR) is 124 cm³/mol. The van der Waals surface area contributed by atoms with Crippen molar-refractivity contribution in [1.82, 2.24) is 14.9 Å². The quantitative estimate of drug-likeness (QED) is 0.287. The molecule has 0 bridgehead atoms. The molecule has 1 heterocycles. The standard InChI is InChI=1S/C24H24N4OS/c1-2-3-13-23-26-27-24(30)28(23)25-16-21-20-12-8-7-11-19(20)14-15-22(21)29-17-18-9-5-4-6-10-18/h4-12,14-16H,2-3,13,17H2,1H3,(H,27,30)/b25-16+. The molecule has 152 valence electrons. The topological polar surface area (TPSA) is 55.2 Å². The summed E-state index contributed by atoms with van der Waals surface area (Å²) in [5, 5.41) is 14.1. The van der Waals surface area contributed by atoms with E-state index in [2.05, 4.69) is 52.6 Å². The van der Waals surface area contributed by atoms with E-state index < -0.39 is 0 Å². The van der Waals surface area contributed by atoms with Gasteiger partial charge >= 0.3 is 0 Å². The third-order valence-corrected chi connectivity index (χ3v) is 5.21. The van der Waals surface area contributed by atoms with Gasteiger partial charge in [0, 0.05) is 12.0 Å². The lowest BCUT2D eigenvalue weighted by Crippen LogP contribution is -2.02. The second kappa shape index (κ2) is 9.50. The highest BCUT2D eigenvalue weighted by atomic mass is 32.1. The Labute approximate surface area is 181 Å². The van der Waals surface area contributed by atoms with Crippen LogP contribution in [-0.2, 0) is 13.0 Å². The van der Waals surface area contributed by atoms with Crippen molar-refractivity contribution in [2.75, 3.05) is 0 Å².